The molecule has 226 valence electrons. The summed E-state index contributed by atoms with van der Waals surface area (Å²) in [6.07, 6.45) is 0. The fourth-order valence-electron chi connectivity index (χ4n) is 8.49. The average molecular weight is 620 g/mol. The molecule has 0 atom stereocenters. The van der Waals surface area contributed by atoms with Crippen molar-refractivity contribution >= 4 is 41.1 Å². The Morgan fingerprint density at radius 1 is 0.347 bits per heavy atom. The third-order valence-corrected chi connectivity index (χ3v) is 10.6. The quantitative estimate of drug-likeness (QED) is 0.177. The molecule has 0 aromatic heterocycles. The fourth-order valence-corrected chi connectivity index (χ4v) is 8.49. The molecule has 2 aliphatic carbocycles. The van der Waals surface area contributed by atoms with Gasteiger partial charge in [-0.15, -0.1) is 0 Å². The van der Waals surface area contributed by atoms with Crippen LogP contribution in [0.4, 0.5) is 17.1 Å². The minimum Gasteiger partial charge on any atom is -0.310 e. The summed E-state index contributed by atoms with van der Waals surface area (Å²) in [5.74, 6) is 0. The molecule has 1 nitrogen and oxygen atoms in total. The largest absolute Gasteiger partial charge is 0.310 e. The van der Waals surface area contributed by atoms with E-state index in [1.54, 1.807) is 0 Å². The van der Waals surface area contributed by atoms with Gasteiger partial charge < -0.3 is 4.90 Å². The third kappa shape index (κ3) is 4.07. The first kappa shape index (κ1) is 27.9. The van der Waals surface area contributed by atoms with Crippen molar-refractivity contribution in [2.24, 2.45) is 0 Å². The van der Waals surface area contributed by atoms with Crippen molar-refractivity contribution in [3.8, 4) is 33.4 Å². The molecule has 0 aliphatic heterocycles. The summed E-state index contributed by atoms with van der Waals surface area (Å²) in [6.45, 7) is 0. The predicted molar refractivity (Wildman–Crippen MR) is 206 cm³/mol. The number of rotatable bonds is 4. The van der Waals surface area contributed by atoms with Crippen LogP contribution in [0, 0.1) is 0 Å². The molecule has 0 saturated carbocycles. The van der Waals surface area contributed by atoms with Crippen LogP contribution in [-0.4, -0.2) is 7.85 Å². The van der Waals surface area contributed by atoms with Gasteiger partial charge in [0.25, 0.3) is 0 Å². The van der Waals surface area contributed by atoms with E-state index in [0.717, 1.165) is 33.7 Å². The Kier molecular flexibility index (Phi) is 6.10. The molecule has 49 heavy (non-hydrogen) atoms. The first-order valence-electron chi connectivity index (χ1n) is 16.9. The standard InChI is InChI=1S/C47H30BN/c48-35-23-20-32(21-24-35)34-12-9-13-36(28-34)49(37-25-22-31-10-1-2-11-33(31)29-37)38-26-27-42-41-16-5-8-19-45(41)47(46(42)30-38)43-17-6-3-14-39(43)40-15-4-7-18-44(40)47/h1-30H. The van der Waals surface area contributed by atoms with Crippen LogP contribution in [0.2, 0.25) is 0 Å². The van der Waals surface area contributed by atoms with Gasteiger partial charge in [-0.3, -0.25) is 0 Å². The molecule has 10 rings (SSSR count). The zero-order valence-corrected chi connectivity index (χ0v) is 26.8. The van der Waals surface area contributed by atoms with E-state index in [0.29, 0.717) is 0 Å². The number of hydrogen-bond acceptors (Lipinski definition) is 1. The second-order valence-electron chi connectivity index (χ2n) is 13.2. The van der Waals surface area contributed by atoms with Crippen LogP contribution in [-0.2, 0) is 5.41 Å². The van der Waals surface area contributed by atoms with Gasteiger partial charge in [0.05, 0.1) is 5.41 Å². The topological polar surface area (TPSA) is 3.24 Å². The van der Waals surface area contributed by atoms with Crippen LogP contribution >= 0.6 is 0 Å². The molecule has 0 fully saturated rings. The van der Waals surface area contributed by atoms with E-state index in [1.807, 2.05) is 12.1 Å². The van der Waals surface area contributed by atoms with Gasteiger partial charge >= 0.3 is 0 Å². The van der Waals surface area contributed by atoms with E-state index in [-0.39, 0.29) is 0 Å². The summed E-state index contributed by atoms with van der Waals surface area (Å²) in [7, 11) is 6.06. The monoisotopic (exact) mass is 619 g/mol. The number of anilines is 3. The van der Waals surface area contributed by atoms with Crippen molar-refractivity contribution in [2.75, 3.05) is 4.90 Å². The highest BCUT2D eigenvalue weighted by Gasteiger charge is 2.51. The Morgan fingerprint density at radius 2 is 0.878 bits per heavy atom. The first-order chi connectivity index (χ1) is 24.2. The SMILES string of the molecule is [B]c1ccc(-c2cccc(N(c3ccc4c(c3)C3(c5ccccc5-c5ccccc53)c3ccccc3-4)c3ccc4ccccc4c3)c2)cc1. The van der Waals surface area contributed by atoms with Crippen molar-refractivity contribution in [3.63, 3.8) is 0 Å². The lowest BCUT2D eigenvalue weighted by Crippen LogP contribution is -2.26. The molecule has 8 aromatic carbocycles. The molecule has 0 saturated heterocycles. The molecule has 2 radical (unpaired) electrons. The second kappa shape index (κ2) is 10.7. The summed E-state index contributed by atoms with van der Waals surface area (Å²) >= 11 is 0. The van der Waals surface area contributed by atoms with E-state index in [1.165, 1.54) is 55.3 Å². The molecule has 0 unspecified atom stereocenters. The van der Waals surface area contributed by atoms with Crippen molar-refractivity contribution in [1.82, 2.24) is 0 Å². The Morgan fingerprint density at radius 3 is 1.55 bits per heavy atom. The van der Waals surface area contributed by atoms with E-state index < -0.39 is 5.41 Å². The lowest BCUT2D eigenvalue weighted by Gasteiger charge is -2.32. The number of hydrogen-bond donors (Lipinski definition) is 0. The van der Waals surface area contributed by atoms with Gasteiger partial charge in [-0.25, -0.2) is 0 Å². The lowest BCUT2D eigenvalue weighted by molar-refractivity contribution is 0.793. The molecule has 0 heterocycles. The summed E-state index contributed by atoms with van der Waals surface area (Å²) in [5, 5.41) is 2.44. The van der Waals surface area contributed by atoms with Crippen molar-refractivity contribution in [2.45, 2.75) is 5.41 Å². The van der Waals surface area contributed by atoms with Gasteiger partial charge in [0, 0.05) is 17.1 Å². The lowest BCUT2D eigenvalue weighted by atomic mass is 9.70. The van der Waals surface area contributed by atoms with Crippen LogP contribution in [0.5, 0.6) is 0 Å². The smallest absolute Gasteiger partial charge is 0.113 e. The highest BCUT2D eigenvalue weighted by Crippen LogP contribution is 2.63. The molecule has 2 heteroatoms. The molecule has 0 N–H and O–H groups in total. The number of nitrogens with zero attached hydrogens (tertiary/aromatic N) is 1. The number of benzene rings is 8. The average Bonchev–Trinajstić information content (AvgIpc) is 3.63. The summed E-state index contributed by atoms with van der Waals surface area (Å²) in [5.41, 5.74) is 16.6. The van der Waals surface area contributed by atoms with Crippen molar-refractivity contribution in [3.05, 3.63) is 204 Å². The van der Waals surface area contributed by atoms with Gasteiger partial charge in [0.1, 0.15) is 7.85 Å². The maximum atomic E-state index is 6.06. The normalized spacial score (nSPS) is 13.1. The van der Waals surface area contributed by atoms with Crippen LogP contribution in [0.3, 0.4) is 0 Å². The van der Waals surface area contributed by atoms with E-state index in [4.69, 9.17) is 7.85 Å². The van der Waals surface area contributed by atoms with Crippen LogP contribution in [0.1, 0.15) is 22.3 Å². The minimum absolute atomic E-state index is 0.407. The summed E-state index contributed by atoms with van der Waals surface area (Å²) < 4.78 is 0. The van der Waals surface area contributed by atoms with Gasteiger partial charge in [-0.1, -0.05) is 151 Å². The van der Waals surface area contributed by atoms with Crippen LogP contribution in [0.25, 0.3) is 44.2 Å². The minimum atomic E-state index is -0.407. The highest BCUT2D eigenvalue weighted by molar-refractivity contribution is 6.32. The van der Waals surface area contributed by atoms with Crippen LogP contribution < -0.4 is 10.4 Å². The van der Waals surface area contributed by atoms with Gasteiger partial charge in [-0.2, -0.15) is 0 Å². The Balaban J connectivity index is 1.24. The van der Waals surface area contributed by atoms with Gasteiger partial charge in [0.15, 0.2) is 0 Å². The highest BCUT2D eigenvalue weighted by atomic mass is 15.1. The second-order valence-corrected chi connectivity index (χ2v) is 13.2. The first-order valence-corrected chi connectivity index (χ1v) is 16.9. The van der Waals surface area contributed by atoms with E-state index in [2.05, 4.69) is 175 Å². The molecular weight excluding hydrogens is 589 g/mol. The predicted octanol–water partition coefficient (Wildman–Crippen LogP) is 11.1. The maximum absolute atomic E-state index is 6.06. The summed E-state index contributed by atoms with van der Waals surface area (Å²) in [4.78, 5) is 2.41. The maximum Gasteiger partial charge on any atom is 0.113 e. The molecule has 1 spiro atoms. The number of fused-ring (bicyclic) bond motifs is 11. The van der Waals surface area contributed by atoms with Gasteiger partial charge in [0.2, 0.25) is 0 Å². The fraction of sp³-hybridized carbons (Fsp3) is 0.0213. The van der Waals surface area contributed by atoms with Crippen LogP contribution in [0.15, 0.2) is 182 Å². The Hall–Kier alpha value is -6.12. The molecule has 0 bridgehead atoms. The zero-order chi connectivity index (χ0) is 32.5. The van der Waals surface area contributed by atoms with E-state index in [9.17, 15) is 0 Å². The van der Waals surface area contributed by atoms with Crippen molar-refractivity contribution in [1.29, 1.82) is 0 Å². The third-order valence-electron chi connectivity index (χ3n) is 10.6. The molecule has 0 amide bonds. The molecular formula is C47H30BN. The molecule has 8 aromatic rings. The van der Waals surface area contributed by atoms with E-state index >= 15 is 0 Å². The molecule has 2 aliphatic rings. The summed E-state index contributed by atoms with van der Waals surface area (Å²) in [6, 6.07) is 66.4. The Labute approximate surface area is 288 Å². The van der Waals surface area contributed by atoms with Gasteiger partial charge in [-0.05, 0) is 103 Å². The van der Waals surface area contributed by atoms with Crippen molar-refractivity contribution < 1.29 is 0 Å². The zero-order valence-electron chi connectivity index (χ0n) is 26.8. The Bertz CT molecular complexity index is 2520.